The maximum absolute atomic E-state index is 12.6. The van der Waals surface area contributed by atoms with Crippen molar-refractivity contribution in [1.82, 2.24) is 9.80 Å². The van der Waals surface area contributed by atoms with Gasteiger partial charge >= 0.3 is 5.63 Å². The molecule has 6 nitrogen and oxygen atoms in total. The van der Waals surface area contributed by atoms with Crippen molar-refractivity contribution in [2.75, 3.05) is 26.2 Å². The van der Waals surface area contributed by atoms with Gasteiger partial charge in [-0.3, -0.25) is 9.69 Å². The maximum atomic E-state index is 12.6. The number of amides is 1. The first-order valence-corrected chi connectivity index (χ1v) is 10.1. The van der Waals surface area contributed by atoms with Gasteiger partial charge in [-0.1, -0.05) is 0 Å². The van der Waals surface area contributed by atoms with Crippen LogP contribution in [0.1, 0.15) is 25.7 Å². The zero-order valence-corrected chi connectivity index (χ0v) is 16.7. The highest BCUT2D eigenvalue weighted by Crippen LogP contribution is 2.28. The molecule has 146 valence electrons. The highest BCUT2D eigenvalue weighted by Gasteiger charge is 2.23. The van der Waals surface area contributed by atoms with E-state index in [0.29, 0.717) is 30.8 Å². The smallest absolute Gasteiger partial charge is 0.336 e. The molecular formula is C21H22N2O4S. The van der Waals surface area contributed by atoms with E-state index in [1.807, 2.05) is 24.0 Å². The average Bonchev–Trinajstić information content (AvgIpc) is 3.11. The standard InChI is InChI=1S/C21H22N2O4S/c1-13-3-6-18(28-13)21(26)23-9-7-22(8-10-23)12-15-11-19(25)27-20-14(2)17(24)5-4-16(15)20/h3-6,11,24H,7-10,12H2,1-2H3. The van der Waals surface area contributed by atoms with Crippen LogP contribution in [-0.4, -0.2) is 47.0 Å². The predicted octanol–water partition coefficient (Wildman–Crippen LogP) is 3.13. The minimum atomic E-state index is -0.418. The van der Waals surface area contributed by atoms with Gasteiger partial charge in [-0.25, -0.2) is 4.79 Å². The molecule has 7 heteroatoms. The zero-order chi connectivity index (χ0) is 19.8. The second kappa shape index (κ2) is 7.41. The Morgan fingerprint density at radius 2 is 1.89 bits per heavy atom. The molecule has 1 amide bonds. The van der Waals surface area contributed by atoms with Crippen LogP contribution < -0.4 is 5.63 Å². The molecule has 0 radical (unpaired) electrons. The van der Waals surface area contributed by atoms with Gasteiger partial charge in [-0.2, -0.15) is 0 Å². The fraction of sp³-hybridized carbons (Fsp3) is 0.333. The van der Waals surface area contributed by atoms with Gasteiger partial charge in [-0.05, 0) is 43.7 Å². The van der Waals surface area contributed by atoms with Crippen LogP contribution in [0, 0.1) is 13.8 Å². The lowest BCUT2D eigenvalue weighted by atomic mass is 10.1. The first kappa shape index (κ1) is 18.7. The van der Waals surface area contributed by atoms with E-state index in [9.17, 15) is 14.7 Å². The molecule has 1 aliphatic heterocycles. The Morgan fingerprint density at radius 1 is 1.14 bits per heavy atom. The van der Waals surface area contributed by atoms with E-state index in [0.717, 1.165) is 33.8 Å². The lowest BCUT2D eigenvalue weighted by molar-refractivity contribution is 0.0633. The van der Waals surface area contributed by atoms with Gasteiger partial charge in [0, 0.05) is 54.6 Å². The predicted molar refractivity (Wildman–Crippen MR) is 109 cm³/mol. The van der Waals surface area contributed by atoms with Gasteiger partial charge < -0.3 is 14.4 Å². The number of aromatic hydroxyl groups is 1. The lowest BCUT2D eigenvalue weighted by Gasteiger charge is -2.34. The van der Waals surface area contributed by atoms with E-state index in [2.05, 4.69) is 4.90 Å². The first-order valence-electron chi connectivity index (χ1n) is 9.26. The van der Waals surface area contributed by atoms with Crippen molar-refractivity contribution >= 4 is 28.2 Å². The Labute approximate surface area is 166 Å². The van der Waals surface area contributed by atoms with Gasteiger partial charge in [0.05, 0.1) is 4.88 Å². The highest BCUT2D eigenvalue weighted by atomic mass is 32.1. The zero-order valence-electron chi connectivity index (χ0n) is 15.9. The summed E-state index contributed by atoms with van der Waals surface area (Å²) >= 11 is 1.53. The van der Waals surface area contributed by atoms with Gasteiger partial charge in [0.15, 0.2) is 0 Å². The van der Waals surface area contributed by atoms with Crippen molar-refractivity contribution in [3.63, 3.8) is 0 Å². The number of piperazine rings is 1. The van der Waals surface area contributed by atoms with Gasteiger partial charge in [0.2, 0.25) is 0 Å². The molecule has 1 aliphatic rings. The van der Waals surface area contributed by atoms with Crippen LogP contribution in [0.25, 0.3) is 11.0 Å². The fourth-order valence-electron chi connectivity index (χ4n) is 3.60. The van der Waals surface area contributed by atoms with E-state index in [-0.39, 0.29) is 11.7 Å². The molecule has 2 aromatic heterocycles. The molecule has 0 saturated carbocycles. The summed E-state index contributed by atoms with van der Waals surface area (Å²) < 4.78 is 5.32. The molecule has 3 aromatic rings. The van der Waals surface area contributed by atoms with Gasteiger partial charge in [0.1, 0.15) is 11.3 Å². The van der Waals surface area contributed by atoms with Crippen LogP contribution in [0.15, 0.2) is 39.5 Å². The van der Waals surface area contributed by atoms with Crippen LogP contribution >= 0.6 is 11.3 Å². The number of carbonyl (C=O) groups excluding carboxylic acids is 1. The summed E-state index contributed by atoms with van der Waals surface area (Å²) in [5.74, 6) is 0.207. The Bertz CT molecular complexity index is 1090. The molecule has 0 spiro atoms. The van der Waals surface area contributed by atoms with Crippen molar-refractivity contribution < 1.29 is 14.3 Å². The number of thiophene rings is 1. The molecule has 1 saturated heterocycles. The van der Waals surface area contributed by atoms with Gasteiger partial charge in [0.25, 0.3) is 5.91 Å². The molecular weight excluding hydrogens is 376 g/mol. The summed E-state index contributed by atoms with van der Waals surface area (Å²) in [6.07, 6.45) is 0. The van der Waals surface area contributed by atoms with Crippen molar-refractivity contribution in [1.29, 1.82) is 0 Å². The molecule has 4 rings (SSSR count). The maximum Gasteiger partial charge on any atom is 0.336 e. The van der Waals surface area contributed by atoms with Crippen molar-refractivity contribution in [2.24, 2.45) is 0 Å². The van der Waals surface area contributed by atoms with Crippen molar-refractivity contribution in [3.05, 3.63) is 61.6 Å². The molecule has 0 atom stereocenters. The van der Waals surface area contributed by atoms with E-state index >= 15 is 0 Å². The normalized spacial score (nSPS) is 15.3. The third kappa shape index (κ3) is 3.55. The molecule has 0 aliphatic carbocycles. The van der Waals surface area contributed by atoms with Crippen molar-refractivity contribution in [3.8, 4) is 5.75 Å². The summed E-state index contributed by atoms with van der Waals surface area (Å²) in [5.41, 5.74) is 1.46. The number of hydrogen-bond donors (Lipinski definition) is 1. The molecule has 3 heterocycles. The van der Waals surface area contributed by atoms with Crippen molar-refractivity contribution in [2.45, 2.75) is 20.4 Å². The molecule has 0 bridgehead atoms. The summed E-state index contributed by atoms with van der Waals surface area (Å²) in [4.78, 5) is 30.6. The number of rotatable bonds is 3. The number of hydrogen-bond acceptors (Lipinski definition) is 6. The van der Waals surface area contributed by atoms with E-state index in [1.54, 1.807) is 19.1 Å². The third-order valence-electron chi connectivity index (χ3n) is 5.22. The number of carbonyl (C=O) groups is 1. The second-order valence-electron chi connectivity index (χ2n) is 7.16. The van der Waals surface area contributed by atoms with Crippen LogP contribution in [0.3, 0.4) is 0 Å². The second-order valence-corrected chi connectivity index (χ2v) is 8.44. The van der Waals surface area contributed by atoms with Crippen LogP contribution in [0.5, 0.6) is 5.75 Å². The molecule has 1 aromatic carbocycles. The summed E-state index contributed by atoms with van der Waals surface area (Å²) in [6.45, 7) is 7.16. The quantitative estimate of drug-likeness (QED) is 0.686. The van der Waals surface area contributed by atoms with Crippen LogP contribution in [-0.2, 0) is 6.54 Å². The number of nitrogens with zero attached hydrogens (tertiary/aromatic N) is 2. The minimum Gasteiger partial charge on any atom is -0.508 e. The Morgan fingerprint density at radius 3 is 2.57 bits per heavy atom. The average molecular weight is 398 g/mol. The summed E-state index contributed by atoms with van der Waals surface area (Å²) in [6, 6.07) is 8.79. The third-order valence-corrected chi connectivity index (χ3v) is 6.21. The summed E-state index contributed by atoms with van der Waals surface area (Å²) in [7, 11) is 0. The first-order chi connectivity index (χ1) is 13.4. The largest absolute Gasteiger partial charge is 0.508 e. The molecule has 1 N–H and O–H groups in total. The Hall–Kier alpha value is -2.64. The molecule has 0 unspecified atom stereocenters. The molecule has 1 fully saturated rings. The Balaban J connectivity index is 1.49. The van der Waals surface area contributed by atoms with E-state index in [1.165, 1.54) is 17.4 Å². The van der Waals surface area contributed by atoms with E-state index < -0.39 is 5.63 Å². The highest BCUT2D eigenvalue weighted by molar-refractivity contribution is 7.13. The number of phenolic OH excluding ortho intramolecular Hbond substituents is 1. The number of aryl methyl sites for hydroxylation is 2. The number of phenols is 1. The SMILES string of the molecule is Cc1ccc(C(=O)N2CCN(Cc3cc(=O)oc4c(C)c(O)ccc34)CC2)s1. The number of fused-ring (bicyclic) bond motifs is 1. The monoisotopic (exact) mass is 398 g/mol. The fourth-order valence-corrected chi connectivity index (χ4v) is 4.44. The lowest BCUT2D eigenvalue weighted by Crippen LogP contribution is -2.48. The van der Waals surface area contributed by atoms with Gasteiger partial charge in [-0.15, -0.1) is 11.3 Å². The topological polar surface area (TPSA) is 74.0 Å². The van der Waals surface area contributed by atoms with E-state index in [4.69, 9.17) is 4.42 Å². The minimum absolute atomic E-state index is 0.0923. The van der Waals surface area contributed by atoms with Crippen LogP contribution in [0.2, 0.25) is 0 Å². The van der Waals surface area contributed by atoms with Crippen LogP contribution in [0.4, 0.5) is 0 Å². The molecule has 28 heavy (non-hydrogen) atoms. The summed E-state index contributed by atoms with van der Waals surface area (Å²) in [5, 5.41) is 10.7. The number of benzene rings is 1. The Kier molecular flexibility index (Phi) is 4.95.